The van der Waals surface area contributed by atoms with Crippen molar-refractivity contribution >= 4 is 44.7 Å². The lowest BCUT2D eigenvalue weighted by Crippen LogP contribution is -2.38. The zero-order valence-electron chi connectivity index (χ0n) is 14.2. The normalized spacial score (nSPS) is 16.4. The number of thiophene rings is 1. The van der Waals surface area contributed by atoms with Crippen LogP contribution >= 0.6 is 11.3 Å². The van der Waals surface area contributed by atoms with E-state index < -0.39 is 5.91 Å². The molecule has 138 valence electrons. The number of aromatic nitrogens is 2. The van der Waals surface area contributed by atoms with Gasteiger partial charge < -0.3 is 20.7 Å². The van der Waals surface area contributed by atoms with Crippen LogP contribution in [0.3, 0.4) is 0 Å². The molecule has 0 atom stereocenters. The minimum atomic E-state index is -0.477. The Morgan fingerprint density at radius 1 is 1.33 bits per heavy atom. The summed E-state index contributed by atoms with van der Waals surface area (Å²) < 4.78 is 19.9. The third-order valence-corrected chi connectivity index (χ3v) is 6.04. The Morgan fingerprint density at radius 2 is 2.15 bits per heavy atom. The molecule has 6 rings (SSSR count). The fourth-order valence-corrected chi connectivity index (χ4v) is 4.70. The molecule has 1 aromatic carbocycles. The van der Waals surface area contributed by atoms with Gasteiger partial charge in [0.25, 0.3) is 5.91 Å². The van der Waals surface area contributed by atoms with E-state index in [2.05, 4.69) is 20.2 Å². The number of amides is 1. The summed E-state index contributed by atoms with van der Waals surface area (Å²) in [6.45, 7) is 1.41. The quantitative estimate of drug-likeness (QED) is 0.669. The lowest BCUT2D eigenvalue weighted by Gasteiger charge is -2.33. The predicted molar refractivity (Wildman–Crippen MR) is 101 cm³/mol. The van der Waals surface area contributed by atoms with Crippen molar-refractivity contribution in [1.82, 2.24) is 9.97 Å². The number of rotatable bonds is 1. The predicted octanol–water partition coefficient (Wildman–Crippen LogP) is 3.03. The van der Waals surface area contributed by atoms with Crippen molar-refractivity contribution in [2.24, 2.45) is 5.73 Å². The van der Waals surface area contributed by atoms with Crippen molar-refractivity contribution in [1.29, 1.82) is 0 Å². The van der Waals surface area contributed by atoms with Crippen LogP contribution in [0.2, 0.25) is 0 Å². The molecule has 0 unspecified atom stereocenters. The molecule has 0 radical (unpaired) electrons. The van der Waals surface area contributed by atoms with Crippen LogP contribution in [0.25, 0.3) is 10.2 Å². The minimum absolute atomic E-state index is 0.0259. The van der Waals surface area contributed by atoms with E-state index in [1.165, 1.54) is 29.8 Å². The second-order valence-electron chi connectivity index (χ2n) is 6.62. The molecule has 1 saturated heterocycles. The number of fused-ring (bicyclic) bond motifs is 2. The van der Waals surface area contributed by atoms with Crippen molar-refractivity contribution in [3.63, 3.8) is 0 Å². The Morgan fingerprint density at radius 3 is 2.93 bits per heavy atom. The number of piperidine rings is 1. The summed E-state index contributed by atoms with van der Waals surface area (Å²) in [7, 11) is 0. The Bertz CT molecular complexity index is 1060. The zero-order valence-corrected chi connectivity index (χ0v) is 15.1. The van der Waals surface area contributed by atoms with Gasteiger partial charge in [0.15, 0.2) is 0 Å². The van der Waals surface area contributed by atoms with Gasteiger partial charge in [0.05, 0.1) is 16.8 Å². The van der Waals surface area contributed by atoms with Crippen LogP contribution < -0.4 is 20.7 Å². The average molecular weight is 385 g/mol. The first-order valence-electron chi connectivity index (χ1n) is 8.65. The van der Waals surface area contributed by atoms with Gasteiger partial charge in [0, 0.05) is 32.0 Å². The van der Waals surface area contributed by atoms with Crippen molar-refractivity contribution in [3.8, 4) is 5.75 Å². The number of halogens is 1. The van der Waals surface area contributed by atoms with Crippen molar-refractivity contribution in [3.05, 3.63) is 35.2 Å². The van der Waals surface area contributed by atoms with Gasteiger partial charge in [-0.05, 0) is 12.1 Å². The number of benzene rings is 1. The number of carbonyl (C=O) groups is 1. The molecule has 5 heterocycles. The van der Waals surface area contributed by atoms with Crippen molar-refractivity contribution in [2.45, 2.75) is 18.9 Å². The molecule has 0 saturated carbocycles. The van der Waals surface area contributed by atoms with E-state index in [9.17, 15) is 9.18 Å². The van der Waals surface area contributed by atoms with Gasteiger partial charge in [0.2, 0.25) is 0 Å². The van der Waals surface area contributed by atoms with E-state index in [1.807, 2.05) is 0 Å². The van der Waals surface area contributed by atoms with Gasteiger partial charge in [-0.2, -0.15) is 0 Å². The zero-order chi connectivity index (χ0) is 18.5. The van der Waals surface area contributed by atoms with Gasteiger partial charge in [0.1, 0.15) is 39.5 Å². The highest BCUT2D eigenvalue weighted by Gasteiger charge is 2.30. The number of carbonyl (C=O) groups excluding carboxylic acids is 1. The highest BCUT2D eigenvalue weighted by atomic mass is 32.1. The fourth-order valence-electron chi connectivity index (χ4n) is 3.68. The Kier molecular flexibility index (Phi) is 3.64. The summed E-state index contributed by atoms with van der Waals surface area (Å²) >= 11 is 1.27. The molecule has 3 aromatic rings. The molecule has 2 bridgehead atoms. The molecule has 3 aliphatic rings. The SMILES string of the molecule is NC(=O)c1sc2ncnc3c2c1N1CCC(CC1)Oc1cc(F)ccc1N3. The number of primary amides is 1. The highest BCUT2D eigenvalue weighted by Crippen LogP contribution is 2.43. The molecular formula is C18H16FN5O2S. The van der Waals surface area contributed by atoms with E-state index in [0.717, 1.165) is 23.9 Å². The summed E-state index contributed by atoms with van der Waals surface area (Å²) in [5.41, 5.74) is 7.04. The average Bonchev–Trinajstić information content (AvgIpc) is 3.03. The fraction of sp³-hybridized carbons (Fsp3) is 0.278. The monoisotopic (exact) mass is 385 g/mol. The first-order chi connectivity index (χ1) is 13.1. The second-order valence-corrected chi connectivity index (χ2v) is 7.62. The molecular weight excluding hydrogens is 369 g/mol. The molecule has 3 aliphatic heterocycles. The lowest BCUT2D eigenvalue weighted by atomic mass is 10.1. The minimum Gasteiger partial charge on any atom is -0.488 e. The van der Waals surface area contributed by atoms with Crippen LogP contribution in [0.4, 0.5) is 21.6 Å². The molecule has 9 heteroatoms. The third kappa shape index (κ3) is 2.66. The number of anilines is 3. The van der Waals surface area contributed by atoms with Crippen LogP contribution in [0.5, 0.6) is 5.75 Å². The topological polar surface area (TPSA) is 93.4 Å². The molecule has 3 N–H and O–H groups in total. The molecule has 1 fully saturated rings. The summed E-state index contributed by atoms with van der Waals surface area (Å²) in [6, 6.07) is 4.39. The maximum atomic E-state index is 13.8. The van der Waals surface area contributed by atoms with Gasteiger partial charge >= 0.3 is 0 Å². The maximum absolute atomic E-state index is 13.8. The smallest absolute Gasteiger partial charge is 0.261 e. The van der Waals surface area contributed by atoms with E-state index in [0.29, 0.717) is 40.1 Å². The van der Waals surface area contributed by atoms with Crippen molar-refractivity contribution < 1.29 is 13.9 Å². The molecule has 0 spiro atoms. The van der Waals surface area contributed by atoms with Gasteiger partial charge in [-0.1, -0.05) is 0 Å². The second kappa shape index (κ2) is 6.05. The van der Waals surface area contributed by atoms with E-state index in [4.69, 9.17) is 10.5 Å². The first kappa shape index (κ1) is 16.2. The van der Waals surface area contributed by atoms with Gasteiger partial charge in [-0.15, -0.1) is 11.3 Å². The number of nitrogens with two attached hydrogens (primary N) is 1. The Labute approximate surface area is 158 Å². The summed E-state index contributed by atoms with van der Waals surface area (Å²) in [4.78, 5) is 24.1. The number of ether oxygens (including phenoxy) is 1. The summed E-state index contributed by atoms with van der Waals surface area (Å²) in [5, 5.41) is 3.99. The van der Waals surface area contributed by atoms with Crippen LogP contribution in [-0.2, 0) is 0 Å². The summed E-state index contributed by atoms with van der Waals surface area (Å²) in [6.07, 6.45) is 2.93. The lowest BCUT2D eigenvalue weighted by molar-refractivity contribution is 0.100. The third-order valence-electron chi connectivity index (χ3n) is 4.94. The summed E-state index contributed by atoms with van der Waals surface area (Å²) in [5.74, 6) is 0.159. The van der Waals surface area contributed by atoms with Gasteiger partial charge in [-0.3, -0.25) is 4.79 Å². The number of hydrogen-bond donors (Lipinski definition) is 2. The molecule has 1 amide bonds. The molecule has 2 aromatic heterocycles. The number of hydrogen-bond acceptors (Lipinski definition) is 7. The Balaban J connectivity index is 1.79. The van der Waals surface area contributed by atoms with E-state index >= 15 is 0 Å². The van der Waals surface area contributed by atoms with Gasteiger partial charge in [-0.25, -0.2) is 14.4 Å². The Hall–Kier alpha value is -2.94. The molecule has 27 heavy (non-hydrogen) atoms. The van der Waals surface area contributed by atoms with E-state index in [-0.39, 0.29) is 11.9 Å². The molecule has 0 aliphatic carbocycles. The van der Waals surface area contributed by atoms with Crippen LogP contribution in [0.1, 0.15) is 22.5 Å². The molecule has 7 nitrogen and oxygen atoms in total. The number of nitrogens with one attached hydrogen (secondary N) is 1. The van der Waals surface area contributed by atoms with Crippen LogP contribution in [-0.4, -0.2) is 35.1 Å². The number of nitrogens with zero attached hydrogens (tertiary/aromatic N) is 3. The largest absolute Gasteiger partial charge is 0.488 e. The highest BCUT2D eigenvalue weighted by molar-refractivity contribution is 7.21. The standard InChI is InChI=1S/C18H16FN5O2S/c19-9-1-2-11-12(7-9)26-10-3-5-24(6-4-10)14-13-17(23-11)21-8-22-18(13)27-15(14)16(20)25/h1-2,7-8,10H,3-6H2,(H2,20,25)(H,21,22,23). The van der Waals surface area contributed by atoms with Crippen LogP contribution in [0, 0.1) is 5.82 Å². The van der Waals surface area contributed by atoms with E-state index in [1.54, 1.807) is 6.07 Å². The van der Waals surface area contributed by atoms with Crippen molar-refractivity contribution in [2.75, 3.05) is 23.3 Å². The maximum Gasteiger partial charge on any atom is 0.261 e. The first-order valence-corrected chi connectivity index (χ1v) is 9.47. The van der Waals surface area contributed by atoms with Crippen LogP contribution in [0.15, 0.2) is 24.5 Å².